The van der Waals surface area contributed by atoms with Crippen LogP contribution in [0.3, 0.4) is 0 Å². The van der Waals surface area contributed by atoms with Crippen LogP contribution in [-0.2, 0) is 6.42 Å². The molecule has 0 aliphatic heterocycles. The third kappa shape index (κ3) is 3.37. The second kappa shape index (κ2) is 6.35. The molecule has 0 fully saturated rings. The second-order valence-electron chi connectivity index (χ2n) is 5.00. The largest absolute Gasteiger partial charge is 0.271 e. The van der Waals surface area contributed by atoms with Gasteiger partial charge in [0.1, 0.15) is 5.82 Å². The molecule has 0 amide bonds. The van der Waals surface area contributed by atoms with Crippen molar-refractivity contribution in [3.63, 3.8) is 0 Å². The highest BCUT2D eigenvalue weighted by atomic mass is 35.5. The fourth-order valence-corrected chi connectivity index (χ4v) is 2.36. The summed E-state index contributed by atoms with van der Waals surface area (Å²) in [5.41, 5.74) is 6.83. The monoisotopic (exact) mass is 292 g/mol. The molecule has 0 spiro atoms. The van der Waals surface area contributed by atoms with E-state index in [1.165, 1.54) is 6.07 Å². The second-order valence-corrected chi connectivity index (χ2v) is 5.41. The molecule has 20 heavy (non-hydrogen) atoms. The molecule has 1 unspecified atom stereocenters. The summed E-state index contributed by atoms with van der Waals surface area (Å²) >= 11 is 6.03. The Hall–Kier alpha value is -1.42. The van der Waals surface area contributed by atoms with E-state index in [9.17, 15) is 4.39 Å². The van der Waals surface area contributed by atoms with Gasteiger partial charge in [-0.15, -0.1) is 0 Å². The summed E-state index contributed by atoms with van der Waals surface area (Å²) in [6, 6.07) is 10.5. The van der Waals surface area contributed by atoms with Crippen molar-refractivity contribution in [3.05, 3.63) is 69.5 Å². The Morgan fingerprint density at radius 1 is 1.15 bits per heavy atom. The van der Waals surface area contributed by atoms with E-state index < -0.39 is 0 Å². The van der Waals surface area contributed by atoms with Crippen LogP contribution in [0.25, 0.3) is 0 Å². The van der Waals surface area contributed by atoms with Gasteiger partial charge in [-0.25, -0.2) is 4.39 Å². The topological polar surface area (TPSA) is 38.0 Å². The van der Waals surface area contributed by atoms with Crippen molar-refractivity contribution in [1.82, 2.24) is 5.43 Å². The minimum atomic E-state index is -0.228. The van der Waals surface area contributed by atoms with Gasteiger partial charge in [0.2, 0.25) is 0 Å². The summed E-state index contributed by atoms with van der Waals surface area (Å²) in [6.07, 6.45) is 0.626. The number of aryl methyl sites for hydroxylation is 2. The van der Waals surface area contributed by atoms with Gasteiger partial charge in [-0.1, -0.05) is 29.8 Å². The van der Waals surface area contributed by atoms with Crippen LogP contribution in [0.4, 0.5) is 4.39 Å². The molecule has 1 atom stereocenters. The van der Waals surface area contributed by atoms with Crippen molar-refractivity contribution in [1.29, 1.82) is 0 Å². The van der Waals surface area contributed by atoms with Gasteiger partial charge < -0.3 is 0 Å². The van der Waals surface area contributed by atoms with Gasteiger partial charge in [-0.05, 0) is 60.7 Å². The zero-order valence-corrected chi connectivity index (χ0v) is 12.3. The average Bonchev–Trinajstić information content (AvgIpc) is 2.43. The molecule has 4 heteroatoms. The van der Waals surface area contributed by atoms with Gasteiger partial charge in [-0.3, -0.25) is 11.3 Å². The van der Waals surface area contributed by atoms with Crippen LogP contribution < -0.4 is 11.3 Å². The van der Waals surface area contributed by atoms with E-state index in [1.54, 1.807) is 12.1 Å². The molecule has 3 N–H and O–H groups in total. The fraction of sp³-hybridized carbons (Fsp3) is 0.250. The lowest BCUT2D eigenvalue weighted by Gasteiger charge is -2.18. The number of nitrogens with two attached hydrogens (primary N) is 1. The van der Waals surface area contributed by atoms with Crippen molar-refractivity contribution < 1.29 is 4.39 Å². The quantitative estimate of drug-likeness (QED) is 0.664. The molecule has 0 aliphatic carbocycles. The summed E-state index contributed by atoms with van der Waals surface area (Å²) in [6.45, 7) is 3.92. The Morgan fingerprint density at radius 3 is 2.55 bits per heavy atom. The highest BCUT2D eigenvalue weighted by Crippen LogP contribution is 2.24. The molecule has 0 bridgehead atoms. The van der Waals surface area contributed by atoms with Crippen molar-refractivity contribution in [2.24, 2.45) is 5.84 Å². The summed E-state index contributed by atoms with van der Waals surface area (Å²) in [7, 11) is 0. The number of hydrogen-bond donors (Lipinski definition) is 2. The third-order valence-electron chi connectivity index (χ3n) is 3.52. The first kappa shape index (κ1) is 15.0. The molecular formula is C16H18ClFN2. The molecule has 2 aromatic rings. The number of benzene rings is 2. The molecule has 0 heterocycles. The van der Waals surface area contributed by atoms with Crippen molar-refractivity contribution >= 4 is 11.6 Å². The van der Waals surface area contributed by atoms with Crippen LogP contribution in [0.15, 0.2) is 36.4 Å². The van der Waals surface area contributed by atoms with Crippen LogP contribution >= 0.6 is 11.6 Å². The van der Waals surface area contributed by atoms with Gasteiger partial charge in [-0.2, -0.15) is 0 Å². The van der Waals surface area contributed by atoms with E-state index >= 15 is 0 Å². The zero-order valence-electron chi connectivity index (χ0n) is 11.6. The van der Waals surface area contributed by atoms with E-state index in [2.05, 4.69) is 5.43 Å². The van der Waals surface area contributed by atoms with E-state index in [1.807, 2.05) is 32.0 Å². The van der Waals surface area contributed by atoms with Crippen LogP contribution in [-0.4, -0.2) is 0 Å². The van der Waals surface area contributed by atoms with E-state index in [0.29, 0.717) is 6.42 Å². The summed E-state index contributed by atoms with van der Waals surface area (Å²) in [5.74, 6) is 5.42. The molecule has 2 rings (SSSR count). The SMILES string of the molecule is Cc1cc(C(Cc2cc(F)ccc2C)NN)ccc1Cl. The standard InChI is InChI=1S/C16H18ClFN2/c1-10-3-5-14(18)8-13(10)9-16(20-19)12-4-6-15(17)11(2)7-12/h3-8,16,20H,9,19H2,1-2H3. The maximum atomic E-state index is 13.4. The Morgan fingerprint density at radius 2 is 1.90 bits per heavy atom. The van der Waals surface area contributed by atoms with Crippen LogP contribution in [0.2, 0.25) is 5.02 Å². The minimum absolute atomic E-state index is 0.0773. The van der Waals surface area contributed by atoms with Crippen molar-refractivity contribution in [2.45, 2.75) is 26.3 Å². The first-order chi connectivity index (χ1) is 9.51. The predicted molar refractivity (Wildman–Crippen MR) is 81.1 cm³/mol. The molecule has 106 valence electrons. The Labute approximate surface area is 123 Å². The Balaban J connectivity index is 2.28. The maximum Gasteiger partial charge on any atom is 0.123 e. The Bertz CT molecular complexity index is 613. The molecule has 0 aromatic heterocycles. The van der Waals surface area contributed by atoms with Gasteiger partial charge in [0.25, 0.3) is 0 Å². The fourth-order valence-electron chi connectivity index (χ4n) is 2.24. The number of nitrogens with one attached hydrogen (secondary N) is 1. The third-order valence-corrected chi connectivity index (χ3v) is 3.94. The molecule has 0 saturated heterocycles. The van der Waals surface area contributed by atoms with Crippen molar-refractivity contribution in [3.8, 4) is 0 Å². The molecule has 2 aromatic carbocycles. The smallest absolute Gasteiger partial charge is 0.123 e. The summed E-state index contributed by atoms with van der Waals surface area (Å²) in [5, 5.41) is 0.728. The first-order valence-corrected chi connectivity index (χ1v) is 6.86. The lowest BCUT2D eigenvalue weighted by atomic mass is 9.95. The van der Waals surface area contributed by atoms with Gasteiger partial charge in [0.05, 0.1) is 6.04 Å². The van der Waals surface area contributed by atoms with Crippen LogP contribution in [0.1, 0.15) is 28.3 Å². The number of hydrazine groups is 1. The summed E-state index contributed by atoms with van der Waals surface area (Å²) < 4.78 is 13.4. The normalized spacial score (nSPS) is 12.4. The van der Waals surface area contributed by atoms with Crippen molar-refractivity contribution in [2.75, 3.05) is 0 Å². The minimum Gasteiger partial charge on any atom is -0.271 e. The molecule has 0 radical (unpaired) electrons. The lowest BCUT2D eigenvalue weighted by Crippen LogP contribution is -2.29. The molecule has 2 nitrogen and oxygen atoms in total. The van der Waals surface area contributed by atoms with E-state index in [0.717, 1.165) is 27.3 Å². The van der Waals surface area contributed by atoms with E-state index in [4.69, 9.17) is 17.4 Å². The lowest BCUT2D eigenvalue weighted by molar-refractivity contribution is 0.547. The van der Waals surface area contributed by atoms with Gasteiger partial charge in [0.15, 0.2) is 0 Å². The predicted octanol–water partition coefficient (Wildman–Crippen LogP) is 3.84. The Kier molecular flexibility index (Phi) is 4.76. The highest BCUT2D eigenvalue weighted by Gasteiger charge is 2.13. The first-order valence-electron chi connectivity index (χ1n) is 6.48. The number of halogens is 2. The average molecular weight is 293 g/mol. The van der Waals surface area contributed by atoms with Gasteiger partial charge >= 0.3 is 0 Å². The highest BCUT2D eigenvalue weighted by molar-refractivity contribution is 6.31. The number of hydrogen-bond acceptors (Lipinski definition) is 2. The maximum absolute atomic E-state index is 13.4. The zero-order chi connectivity index (χ0) is 14.7. The van der Waals surface area contributed by atoms with Crippen LogP contribution in [0.5, 0.6) is 0 Å². The summed E-state index contributed by atoms with van der Waals surface area (Å²) in [4.78, 5) is 0. The van der Waals surface area contributed by atoms with Gasteiger partial charge in [0, 0.05) is 5.02 Å². The molecule has 0 aliphatic rings. The molecule has 0 saturated carbocycles. The molecular weight excluding hydrogens is 275 g/mol. The van der Waals surface area contributed by atoms with E-state index in [-0.39, 0.29) is 11.9 Å². The van der Waals surface area contributed by atoms with Crippen LogP contribution in [0, 0.1) is 19.7 Å². The number of rotatable bonds is 4.